The summed E-state index contributed by atoms with van der Waals surface area (Å²) in [5.74, 6) is -0.0891. The van der Waals surface area contributed by atoms with Gasteiger partial charge in [0.2, 0.25) is 5.91 Å². The second-order valence-corrected chi connectivity index (χ2v) is 2.91. The van der Waals surface area contributed by atoms with Gasteiger partial charge in [0.1, 0.15) is 5.41 Å². The number of rotatable bonds is 1. The number of hydrogen-bond donors (Lipinski definition) is 1. The molecule has 3 nitrogen and oxygen atoms in total. The van der Waals surface area contributed by atoms with Crippen molar-refractivity contribution in [2.45, 2.75) is 26.2 Å². The molecule has 3 heteroatoms. The first-order valence-corrected chi connectivity index (χ1v) is 3.95. The molecule has 0 aromatic heterocycles. The minimum Gasteiger partial charge on any atom is -0.355 e. The van der Waals surface area contributed by atoms with Crippen LogP contribution in [0.3, 0.4) is 0 Å². The Hall–Kier alpha value is -1.04. The van der Waals surface area contributed by atoms with E-state index < -0.39 is 5.41 Å². The molecular formula is C8H12N2O. The van der Waals surface area contributed by atoms with E-state index in [1.807, 2.05) is 6.92 Å². The van der Waals surface area contributed by atoms with E-state index in [1.165, 1.54) is 0 Å². The summed E-state index contributed by atoms with van der Waals surface area (Å²) in [6.07, 6.45) is 2.26. The molecule has 0 saturated carbocycles. The van der Waals surface area contributed by atoms with Gasteiger partial charge in [0.15, 0.2) is 0 Å². The van der Waals surface area contributed by atoms with Crippen molar-refractivity contribution >= 4 is 5.91 Å². The predicted octanol–water partition coefficient (Wildman–Crippen LogP) is 0.816. The standard InChI is InChI=1S/C8H12N2O/c1-2-8(6-9)4-3-5-10-7(8)11/h2-5H2,1H3,(H,10,11). The second kappa shape index (κ2) is 2.91. The van der Waals surface area contributed by atoms with Crippen LogP contribution in [0.1, 0.15) is 26.2 Å². The maximum absolute atomic E-state index is 11.2. The summed E-state index contributed by atoms with van der Waals surface area (Å²) < 4.78 is 0. The molecule has 1 fully saturated rings. The van der Waals surface area contributed by atoms with Crippen LogP contribution in [-0.4, -0.2) is 12.5 Å². The highest BCUT2D eigenvalue weighted by Crippen LogP contribution is 2.29. The van der Waals surface area contributed by atoms with E-state index in [0.717, 1.165) is 13.0 Å². The number of nitrogens with zero attached hydrogens (tertiary/aromatic N) is 1. The van der Waals surface area contributed by atoms with E-state index >= 15 is 0 Å². The molecule has 11 heavy (non-hydrogen) atoms. The second-order valence-electron chi connectivity index (χ2n) is 2.91. The number of nitriles is 1. The molecule has 0 bridgehead atoms. The third-order valence-corrected chi connectivity index (χ3v) is 2.32. The zero-order chi connectivity index (χ0) is 8.32. The topological polar surface area (TPSA) is 52.9 Å². The lowest BCUT2D eigenvalue weighted by Crippen LogP contribution is -2.44. The predicted molar refractivity (Wildman–Crippen MR) is 40.6 cm³/mol. The maximum atomic E-state index is 11.2. The molecule has 0 aromatic carbocycles. The average Bonchev–Trinajstić information content (AvgIpc) is 2.06. The number of hydrogen-bond acceptors (Lipinski definition) is 2. The molecule has 60 valence electrons. The lowest BCUT2D eigenvalue weighted by atomic mass is 9.79. The van der Waals surface area contributed by atoms with Crippen LogP contribution in [0, 0.1) is 16.7 Å². The van der Waals surface area contributed by atoms with E-state index in [1.54, 1.807) is 0 Å². The van der Waals surface area contributed by atoms with Crippen molar-refractivity contribution in [1.29, 1.82) is 5.26 Å². The van der Waals surface area contributed by atoms with Crippen molar-refractivity contribution in [2.24, 2.45) is 5.41 Å². The Morgan fingerprint density at radius 3 is 2.91 bits per heavy atom. The zero-order valence-electron chi connectivity index (χ0n) is 6.68. The quantitative estimate of drug-likeness (QED) is 0.604. The maximum Gasteiger partial charge on any atom is 0.240 e. The molecule has 1 aliphatic rings. The van der Waals surface area contributed by atoms with Gasteiger partial charge < -0.3 is 5.32 Å². The van der Waals surface area contributed by atoms with Gasteiger partial charge in [-0.05, 0) is 19.3 Å². The van der Waals surface area contributed by atoms with Gasteiger partial charge in [-0.25, -0.2) is 0 Å². The van der Waals surface area contributed by atoms with Crippen LogP contribution in [0.15, 0.2) is 0 Å². The van der Waals surface area contributed by atoms with Gasteiger partial charge in [-0.1, -0.05) is 6.92 Å². The molecule has 1 N–H and O–H groups in total. The lowest BCUT2D eigenvalue weighted by molar-refractivity contribution is -0.130. The largest absolute Gasteiger partial charge is 0.355 e. The normalized spacial score (nSPS) is 30.7. The van der Waals surface area contributed by atoms with Crippen molar-refractivity contribution < 1.29 is 4.79 Å². The van der Waals surface area contributed by atoms with Crippen molar-refractivity contribution in [1.82, 2.24) is 5.32 Å². The van der Waals surface area contributed by atoms with Crippen molar-refractivity contribution in [2.75, 3.05) is 6.54 Å². The first-order chi connectivity index (χ1) is 5.25. The van der Waals surface area contributed by atoms with Crippen LogP contribution < -0.4 is 5.32 Å². The van der Waals surface area contributed by atoms with Gasteiger partial charge in [0.25, 0.3) is 0 Å². The fraction of sp³-hybridized carbons (Fsp3) is 0.750. The van der Waals surface area contributed by atoms with Crippen molar-refractivity contribution in [3.05, 3.63) is 0 Å². The SMILES string of the molecule is CCC1(C#N)CCCNC1=O. The lowest BCUT2D eigenvalue weighted by Gasteiger charge is -2.28. The number of carbonyl (C=O) groups is 1. The van der Waals surface area contributed by atoms with E-state index in [4.69, 9.17) is 5.26 Å². The summed E-state index contributed by atoms with van der Waals surface area (Å²) in [5.41, 5.74) is -0.724. The number of carbonyl (C=O) groups excluding carboxylic acids is 1. The summed E-state index contributed by atoms with van der Waals surface area (Å²) >= 11 is 0. The molecule has 1 aliphatic heterocycles. The van der Waals surface area contributed by atoms with E-state index in [9.17, 15) is 4.79 Å². The Labute approximate surface area is 66.4 Å². The Bertz CT molecular complexity index is 207. The average molecular weight is 152 g/mol. The minimum absolute atomic E-state index is 0.0891. The fourth-order valence-corrected chi connectivity index (χ4v) is 1.40. The van der Waals surface area contributed by atoms with E-state index in [0.29, 0.717) is 12.8 Å². The van der Waals surface area contributed by atoms with Crippen LogP contribution in [0.25, 0.3) is 0 Å². The molecule has 1 atom stereocenters. The van der Waals surface area contributed by atoms with E-state index in [2.05, 4.69) is 11.4 Å². The van der Waals surface area contributed by atoms with Gasteiger partial charge in [0.05, 0.1) is 6.07 Å². The Kier molecular flexibility index (Phi) is 2.13. The Morgan fingerprint density at radius 1 is 1.82 bits per heavy atom. The molecule has 0 aliphatic carbocycles. The molecule has 1 amide bonds. The van der Waals surface area contributed by atoms with Crippen LogP contribution >= 0.6 is 0 Å². The zero-order valence-corrected chi connectivity index (χ0v) is 6.68. The summed E-state index contributed by atoms with van der Waals surface area (Å²) in [6, 6.07) is 2.10. The fourth-order valence-electron chi connectivity index (χ4n) is 1.40. The summed E-state index contributed by atoms with van der Waals surface area (Å²) in [7, 11) is 0. The van der Waals surface area contributed by atoms with Gasteiger partial charge >= 0.3 is 0 Å². The number of amides is 1. The molecule has 1 saturated heterocycles. The highest BCUT2D eigenvalue weighted by molar-refractivity contribution is 5.85. The third kappa shape index (κ3) is 1.21. The first-order valence-electron chi connectivity index (χ1n) is 3.95. The number of piperidine rings is 1. The monoisotopic (exact) mass is 152 g/mol. The number of nitrogens with one attached hydrogen (secondary N) is 1. The van der Waals surface area contributed by atoms with Gasteiger partial charge in [0, 0.05) is 6.54 Å². The Morgan fingerprint density at radius 2 is 2.55 bits per heavy atom. The highest BCUT2D eigenvalue weighted by atomic mass is 16.2. The first kappa shape index (κ1) is 8.06. The molecule has 0 aromatic rings. The van der Waals surface area contributed by atoms with Crippen LogP contribution in [0.5, 0.6) is 0 Å². The molecule has 0 radical (unpaired) electrons. The van der Waals surface area contributed by atoms with Crippen LogP contribution in [-0.2, 0) is 4.79 Å². The summed E-state index contributed by atoms with van der Waals surface area (Å²) in [6.45, 7) is 2.61. The Balaban J connectivity index is 2.80. The molecule has 0 spiro atoms. The molecule has 1 unspecified atom stereocenters. The highest BCUT2D eigenvalue weighted by Gasteiger charge is 2.38. The van der Waals surface area contributed by atoms with E-state index in [-0.39, 0.29) is 5.91 Å². The molecule has 1 heterocycles. The van der Waals surface area contributed by atoms with Gasteiger partial charge in [-0.2, -0.15) is 5.26 Å². The third-order valence-electron chi connectivity index (χ3n) is 2.32. The minimum atomic E-state index is -0.724. The van der Waals surface area contributed by atoms with Gasteiger partial charge in [-0.3, -0.25) is 4.79 Å². The molecular weight excluding hydrogens is 140 g/mol. The van der Waals surface area contributed by atoms with Crippen molar-refractivity contribution in [3.8, 4) is 6.07 Å². The smallest absolute Gasteiger partial charge is 0.240 e. The summed E-state index contributed by atoms with van der Waals surface area (Å²) in [5, 5.41) is 11.5. The van der Waals surface area contributed by atoms with Crippen LogP contribution in [0.4, 0.5) is 0 Å². The van der Waals surface area contributed by atoms with Crippen LogP contribution in [0.2, 0.25) is 0 Å². The van der Waals surface area contributed by atoms with Gasteiger partial charge in [-0.15, -0.1) is 0 Å². The molecule has 1 rings (SSSR count). The van der Waals surface area contributed by atoms with Crippen molar-refractivity contribution in [3.63, 3.8) is 0 Å². The summed E-state index contributed by atoms with van der Waals surface area (Å²) in [4.78, 5) is 11.2.